The molecule has 0 radical (unpaired) electrons. The molecule has 0 fully saturated rings. The van der Waals surface area contributed by atoms with Crippen LogP contribution in [0.15, 0.2) is 40.9 Å². The van der Waals surface area contributed by atoms with Crippen LogP contribution in [0.5, 0.6) is 0 Å². The first kappa shape index (κ1) is 14.0. The van der Waals surface area contributed by atoms with E-state index >= 15 is 0 Å². The molecule has 2 aromatic rings. The number of benzene rings is 2. The predicted octanol–water partition coefficient (Wildman–Crippen LogP) is 4.63. The number of rotatable bonds is 2. The smallest absolute Gasteiger partial charge is 0.256 e. The number of anilines is 1. The van der Waals surface area contributed by atoms with Crippen molar-refractivity contribution in [1.29, 1.82) is 0 Å². The van der Waals surface area contributed by atoms with E-state index in [9.17, 15) is 13.6 Å². The van der Waals surface area contributed by atoms with Gasteiger partial charge < -0.3 is 5.32 Å². The van der Waals surface area contributed by atoms with Crippen LogP contribution in [0.3, 0.4) is 0 Å². The van der Waals surface area contributed by atoms with E-state index in [1.807, 2.05) is 0 Å². The molecule has 1 amide bonds. The molecular weight excluding hydrogens is 340 g/mol. The van der Waals surface area contributed by atoms with Gasteiger partial charge in [0.05, 0.1) is 11.3 Å². The highest BCUT2D eigenvalue weighted by atomic mass is 79.9. The van der Waals surface area contributed by atoms with Crippen molar-refractivity contribution in [2.45, 2.75) is 0 Å². The van der Waals surface area contributed by atoms with Crippen molar-refractivity contribution in [3.05, 3.63) is 63.1 Å². The van der Waals surface area contributed by atoms with Crippen LogP contribution >= 0.6 is 27.5 Å². The number of carbonyl (C=O) groups excluding carboxylic acids is 1. The Bertz CT molecular complexity index is 649. The highest BCUT2D eigenvalue weighted by Gasteiger charge is 2.13. The zero-order chi connectivity index (χ0) is 14.0. The van der Waals surface area contributed by atoms with Crippen LogP contribution in [0.25, 0.3) is 0 Å². The lowest BCUT2D eigenvalue weighted by atomic mass is 10.2. The summed E-state index contributed by atoms with van der Waals surface area (Å²) < 4.78 is 26.6. The van der Waals surface area contributed by atoms with Gasteiger partial charge in [-0.05, 0) is 46.3 Å². The van der Waals surface area contributed by atoms with Crippen LogP contribution in [-0.2, 0) is 0 Å². The van der Waals surface area contributed by atoms with Crippen LogP contribution in [0.1, 0.15) is 10.4 Å². The minimum absolute atomic E-state index is 0.0896. The maximum Gasteiger partial charge on any atom is 0.256 e. The SMILES string of the molecule is O=C(Nc1ccc(F)cc1F)c1ccc(Cl)cc1Br. The predicted molar refractivity (Wildman–Crippen MR) is 73.5 cm³/mol. The summed E-state index contributed by atoms with van der Waals surface area (Å²) in [6.45, 7) is 0. The van der Waals surface area contributed by atoms with Crippen LogP contribution in [0.4, 0.5) is 14.5 Å². The fourth-order valence-corrected chi connectivity index (χ4v) is 2.32. The monoisotopic (exact) mass is 345 g/mol. The molecule has 0 aliphatic rings. The third kappa shape index (κ3) is 3.30. The molecule has 2 aromatic carbocycles. The number of amides is 1. The second-order valence-electron chi connectivity index (χ2n) is 3.70. The molecule has 0 heterocycles. The molecule has 19 heavy (non-hydrogen) atoms. The fourth-order valence-electron chi connectivity index (χ4n) is 1.45. The maximum atomic E-state index is 13.4. The third-order valence-electron chi connectivity index (χ3n) is 2.36. The van der Waals surface area contributed by atoms with Gasteiger partial charge in [-0.15, -0.1) is 0 Å². The summed E-state index contributed by atoms with van der Waals surface area (Å²) >= 11 is 8.95. The second-order valence-corrected chi connectivity index (χ2v) is 4.99. The van der Waals surface area contributed by atoms with Crippen molar-refractivity contribution < 1.29 is 13.6 Å². The first-order valence-electron chi connectivity index (χ1n) is 5.19. The zero-order valence-electron chi connectivity index (χ0n) is 9.38. The molecular formula is C13H7BrClF2NO. The molecule has 2 rings (SSSR count). The van der Waals surface area contributed by atoms with Gasteiger partial charge in [0.25, 0.3) is 5.91 Å². The van der Waals surface area contributed by atoms with Crippen LogP contribution in [0.2, 0.25) is 5.02 Å². The standard InChI is InChI=1S/C13H7BrClF2NO/c14-10-5-7(15)1-3-9(10)13(19)18-12-4-2-8(16)6-11(12)17/h1-6H,(H,18,19). The lowest BCUT2D eigenvalue weighted by Crippen LogP contribution is -2.13. The highest BCUT2D eigenvalue weighted by Crippen LogP contribution is 2.23. The van der Waals surface area contributed by atoms with Gasteiger partial charge in [0, 0.05) is 15.6 Å². The normalized spacial score (nSPS) is 10.3. The molecule has 0 atom stereocenters. The van der Waals surface area contributed by atoms with Crippen molar-refractivity contribution in [3.63, 3.8) is 0 Å². The summed E-state index contributed by atoms with van der Waals surface area (Å²) in [5.41, 5.74) is 0.210. The van der Waals surface area contributed by atoms with E-state index in [2.05, 4.69) is 21.2 Å². The third-order valence-corrected chi connectivity index (χ3v) is 3.25. The van der Waals surface area contributed by atoms with E-state index in [0.29, 0.717) is 21.1 Å². The maximum absolute atomic E-state index is 13.4. The average Bonchev–Trinajstić information content (AvgIpc) is 2.32. The van der Waals surface area contributed by atoms with Crippen molar-refractivity contribution in [3.8, 4) is 0 Å². The van der Waals surface area contributed by atoms with E-state index in [1.165, 1.54) is 6.07 Å². The molecule has 2 nitrogen and oxygen atoms in total. The summed E-state index contributed by atoms with van der Waals surface area (Å²) in [4.78, 5) is 11.9. The lowest BCUT2D eigenvalue weighted by molar-refractivity contribution is 0.102. The summed E-state index contributed by atoms with van der Waals surface area (Å²) in [7, 11) is 0. The molecule has 0 aliphatic heterocycles. The van der Waals surface area contributed by atoms with E-state index in [0.717, 1.165) is 12.1 Å². The molecule has 0 aliphatic carbocycles. The van der Waals surface area contributed by atoms with E-state index < -0.39 is 17.5 Å². The Morgan fingerprint density at radius 1 is 1.16 bits per heavy atom. The Labute approximate surface area is 121 Å². The lowest BCUT2D eigenvalue weighted by Gasteiger charge is -2.08. The number of hydrogen-bond acceptors (Lipinski definition) is 1. The summed E-state index contributed by atoms with van der Waals surface area (Å²) in [6, 6.07) is 7.53. The van der Waals surface area contributed by atoms with Gasteiger partial charge in [0.2, 0.25) is 0 Å². The van der Waals surface area contributed by atoms with Gasteiger partial charge in [-0.3, -0.25) is 4.79 Å². The summed E-state index contributed by atoms with van der Waals surface area (Å²) in [5.74, 6) is -2.06. The van der Waals surface area contributed by atoms with Gasteiger partial charge in [0.15, 0.2) is 0 Å². The molecule has 0 saturated heterocycles. The molecule has 1 N–H and O–H groups in total. The molecule has 0 bridgehead atoms. The Morgan fingerprint density at radius 3 is 2.53 bits per heavy atom. The van der Waals surface area contributed by atoms with Crippen LogP contribution in [-0.4, -0.2) is 5.91 Å². The van der Waals surface area contributed by atoms with Crippen molar-refractivity contribution in [1.82, 2.24) is 0 Å². The number of nitrogens with one attached hydrogen (secondary N) is 1. The minimum Gasteiger partial charge on any atom is -0.319 e. The van der Waals surface area contributed by atoms with E-state index in [1.54, 1.807) is 12.1 Å². The quantitative estimate of drug-likeness (QED) is 0.844. The summed E-state index contributed by atoms with van der Waals surface area (Å²) in [6.07, 6.45) is 0. The van der Waals surface area contributed by atoms with Crippen molar-refractivity contribution >= 4 is 39.1 Å². The van der Waals surface area contributed by atoms with Gasteiger partial charge in [-0.1, -0.05) is 11.6 Å². The average molecular weight is 347 g/mol. The number of halogens is 4. The molecule has 0 saturated carbocycles. The van der Waals surface area contributed by atoms with E-state index in [-0.39, 0.29) is 5.69 Å². The number of carbonyl (C=O) groups is 1. The molecule has 98 valence electrons. The Hall–Kier alpha value is -1.46. The largest absolute Gasteiger partial charge is 0.319 e. The van der Waals surface area contributed by atoms with Crippen LogP contribution < -0.4 is 5.32 Å². The molecule has 6 heteroatoms. The number of hydrogen-bond donors (Lipinski definition) is 1. The second kappa shape index (κ2) is 5.67. The van der Waals surface area contributed by atoms with Gasteiger partial charge in [0.1, 0.15) is 11.6 Å². The molecule has 0 unspecified atom stereocenters. The van der Waals surface area contributed by atoms with Gasteiger partial charge in [-0.25, -0.2) is 8.78 Å². The topological polar surface area (TPSA) is 29.1 Å². The summed E-state index contributed by atoms with van der Waals surface area (Å²) in [5, 5.41) is 2.83. The first-order chi connectivity index (χ1) is 8.97. The first-order valence-corrected chi connectivity index (χ1v) is 6.36. The zero-order valence-corrected chi connectivity index (χ0v) is 11.7. The van der Waals surface area contributed by atoms with E-state index in [4.69, 9.17) is 11.6 Å². The van der Waals surface area contributed by atoms with Crippen molar-refractivity contribution in [2.75, 3.05) is 5.32 Å². The molecule has 0 aromatic heterocycles. The Morgan fingerprint density at radius 2 is 1.89 bits per heavy atom. The van der Waals surface area contributed by atoms with Gasteiger partial charge >= 0.3 is 0 Å². The van der Waals surface area contributed by atoms with Crippen molar-refractivity contribution in [2.24, 2.45) is 0 Å². The Balaban J connectivity index is 2.25. The molecule has 0 spiro atoms. The minimum atomic E-state index is -0.835. The fraction of sp³-hybridized carbons (Fsp3) is 0. The highest BCUT2D eigenvalue weighted by molar-refractivity contribution is 9.10. The van der Waals surface area contributed by atoms with Crippen LogP contribution in [0, 0.1) is 11.6 Å². The van der Waals surface area contributed by atoms with Gasteiger partial charge in [-0.2, -0.15) is 0 Å². The Kier molecular flexibility index (Phi) is 4.17.